The van der Waals surface area contributed by atoms with Crippen LogP contribution in [0.4, 0.5) is 0 Å². The Labute approximate surface area is 116 Å². The maximum absolute atomic E-state index is 5.65. The molecule has 2 nitrogen and oxygen atoms in total. The van der Waals surface area contributed by atoms with Crippen molar-refractivity contribution < 1.29 is 11.0 Å². The van der Waals surface area contributed by atoms with Crippen LogP contribution < -0.4 is 0 Å². The topological polar surface area (TPSA) is 63.0 Å². The van der Waals surface area contributed by atoms with E-state index in [1.807, 2.05) is 0 Å². The minimum Gasteiger partial charge on any atom is -0.412 e. The second kappa shape index (κ2) is 11.6. The average molecular weight is 459 g/mol. The Balaban J connectivity index is -0.0000000625. The summed E-state index contributed by atoms with van der Waals surface area (Å²) in [5.74, 6) is 0. The predicted molar refractivity (Wildman–Crippen MR) is 69.9 cm³/mol. The Hall–Kier alpha value is 2.10. The second-order valence-electron chi connectivity index (χ2n) is 4.69. The average Bonchev–Trinajstić information content (AvgIpc) is 1.86. The predicted octanol–water partition coefficient (Wildman–Crippen LogP) is 2.48. The Morgan fingerprint density at radius 3 is 0.714 bits per heavy atom. The molecule has 0 aromatic heterocycles. The van der Waals surface area contributed by atoms with E-state index in [-0.39, 0.29) is 11.0 Å². The van der Waals surface area contributed by atoms with Crippen LogP contribution in [0.15, 0.2) is 0 Å². The van der Waals surface area contributed by atoms with Crippen molar-refractivity contribution >= 4 is 57.9 Å². The Bertz CT molecular complexity index is 96.9. The molecule has 0 saturated heterocycles. The summed E-state index contributed by atoms with van der Waals surface area (Å²) in [5.41, 5.74) is 0. The van der Waals surface area contributed by atoms with E-state index in [4.69, 9.17) is 17.8 Å². The standard InChI is InChI=1S/2C4H9.2ClH.2H2O.2Sn/c2*1-4(2)3;;;;;;/h2*1-3H3;2*1H;2*1H2;;/q;;;;;;2*+1/p-2. The van der Waals surface area contributed by atoms with E-state index in [0.29, 0.717) is 6.86 Å². The molecule has 0 amide bonds. The van der Waals surface area contributed by atoms with Crippen LogP contribution in [0.25, 0.3) is 0 Å². The van der Waals surface area contributed by atoms with Gasteiger partial charge < -0.3 is 11.0 Å². The normalized spacial score (nSPS) is 10.3. The van der Waals surface area contributed by atoms with Gasteiger partial charge in [-0.2, -0.15) is 0 Å². The Morgan fingerprint density at radius 1 is 0.643 bits per heavy atom. The largest absolute Gasteiger partial charge is 0.412 e. The first-order chi connectivity index (χ1) is 5.12. The number of hydrogen-bond acceptors (Lipinski definition) is 0. The third-order valence-corrected chi connectivity index (χ3v) is 11.4. The van der Waals surface area contributed by atoms with E-state index in [9.17, 15) is 0 Å². The Morgan fingerprint density at radius 2 is 0.714 bits per heavy atom. The molecule has 0 fully saturated rings. The van der Waals surface area contributed by atoms with Gasteiger partial charge in [-0.15, -0.1) is 0 Å². The van der Waals surface area contributed by atoms with Gasteiger partial charge in [0.1, 0.15) is 0 Å². The van der Waals surface area contributed by atoms with Crippen LogP contribution in [-0.4, -0.2) is 51.0 Å². The molecular formula is C8H22Cl2O2Sn2. The first-order valence-corrected chi connectivity index (χ1v) is 14.0. The van der Waals surface area contributed by atoms with Crippen molar-refractivity contribution in [2.75, 3.05) is 0 Å². The van der Waals surface area contributed by atoms with Gasteiger partial charge in [-0.25, -0.2) is 0 Å². The fourth-order valence-electron chi connectivity index (χ4n) is 0. The van der Waals surface area contributed by atoms with Crippen molar-refractivity contribution in [3.63, 3.8) is 0 Å². The van der Waals surface area contributed by atoms with Crippen LogP contribution in [-0.2, 0) is 0 Å². The molecule has 6 heteroatoms. The molecule has 4 N–H and O–H groups in total. The summed E-state index contributed by atoms with van der Waals surface area (Å²) in [5, 5.41) is 0. The quantitative estimate of drug-likeness (QED) is 0.501. The zero-order valence-corrected chi connectivity index (χ0v) is 17.0. The van der Waals surface area contributed by atoms with E-state index in [1.54, 1.807) is 0 Å². The molecule has 14 heavy (non-hydrogen) atoms. The third-order valence-electron chi connectivity index (χ3n) is 0.567. The molecule has 0 aromatic carbocycles. The van der Waals surface area contributed by atoms with Crippen LogP contribution in [0.5, 0.6) is 0 Å². The number of halogens is 2. The zero-order chi connectivity index (χ0) is 10.4. The van der Waals surface area contributed by atoms with Crippen molar-refractivity contribution in [3.05, 3.63) is 0 Å². The molecule has 0 aliphatic heterocycles. The summed E-state index contributed by atoms with van der Waals surface area (Å²) in [6.45, 7) is 13.1. The minimum atomic E-state index is -0.504. The second-order valence-corrected chi connectivity index (χ2v) is 16.9. The SMILES string of the molecule is C[C](C)(C)[Sn][Cl].C[C](C)(C)[Sn][Cl].O.O. The number of hydrogen-bond donors (Lipinski definition) is 0. The maximum Gasteiger partial charge on any atom is -0.412 e. The first-order valence-electron chi connectivity index (χ1n) is 3.88. The fraction of sp³-hybridized carbons (Fsp3) is 1.00. The van der Waals surface area contributed by atoms with Gasteiger partial charge in [0.2, 0.25) is 0 Å². The van der Waals surface area contributed by atoms with E-state index in [1.165, 1.54) is 0 Å². The van der Waals surface area contributed by atoms with Gasteiger partial charge in [-0.1, -0.05) is 0 Å². The molecule has 0 aliphatic carbocycles. The molecule has 0 bridgehead atoms. The fourth-order valence-corrected chi connectivity index (χ4v) is 0. The van der Waals surface area contributed by atoms with Crippen LogP contribution in [0.3, 0.4) is 0 Å². The summed E-state index contributed by atoms with van der Waals surface area (Å²) >= 11 is -1.01. The molecule has 0 spiro atoms. The monoisotopic (exact) mass is 460 g/mol. The van der Waals surface area contributed by atoms with Gasteiger partial charge in [0.15, 0.2) is 0 Å². The van der Waals surface area contributed by atoms with Gasteiger partial charge in [0.25, 0.3) is 0 Å². The maximum atomic E-state index is 5.65. The van der Waals surface area contributed by atoms with Gasteiger partial charge in [0.05, 0.1) is 0 Å². The van der Waals surface area contributed by atoms with Gasteiger partial charge >= 0.3 is 106 Å². The van der Waals surface area contributed by atoms with Crippen molar-refractivity contribution in [3.8, 4) is 0 Å². The summed E-state index contributed by atoms with van der Waals surface area (Å²) in [6, 6.07) is 0. The molecule has 0 saturated carbocycles. The molecule has 0 aliphatic rings. The van der Waals surface area contributed by atoms with E-state index in [2.05, 4.69) is 41.5 Å². The summed E-state index contributed by atoms with van der Waals surface area (Å²) in [6.07, 6.45) is 0. The molecule has 0 atom stereocenters. The minimum absolute atomic E-state index is 0. The van der Waals surface area contributed by atoms with Crippen LogP contribution in [0.2, 0.25) is 6.86 Å². The molecular weight excluding hydrogens is 436 g/mol. The van der Waals surface area contributed by atoms with Crippen molar-refractivity contribution in [2.24, 2.45) is 0 Å². The summed E-state index contributed by atoms with van der Waals surface area (Å²) in [7, 11) is 11.3. The molecule has 0 unspecified atom stereocenters. The first kappa shape index (κ1) is 25.1. The molecule has 88 valence electrons. The molecule has 0 aromatic rings. The van der Waals surface area contributed by atoms with Crippen LogP contribution >= 0.6 is 17.8 Å². The molecule has 0 rings (SSSR count). The van der Waals surface area contributed by atoms with E-state index >= 15 is 0 Å². The number of rotatable bonds is 0. The van der Waals surface area contributed by atoms with E-state index < -0.39 is 40.0 Å². The van der Waals surface area contributed by atoms with Crippen LogP contribution in [0, 0.1) is 0 Å². The molecule has 4 radical (unpaired) electrons. The molecule has 0 heterocycles. The van der Waals surface area contributed by atoms with E-state index in [0.717, 1.165) is 0 Å². The van der Waals surface area contributed by atoms with Crippen molar-refractivity contribution in [2.45, 2.75) is 48.4 Å². The van der Waals surface area contributed by atoms with Crippen molar-refractivity contribution in [1.82, 2.24) is 0 Å². The van der Waals surface area contributed by atoms with Crippen molar-refractivity contribution in [1.29, 1.82) is 0 Å². The Kier molecular flexibility index (Phi) is 20.7. The zero-order valence-electron chi connectivity index (χ0n) is 9.76. The van der Waals surface area contributed by atoms with Crippen LogP contribution in [0.1, 0.15) is 41.5 Å². The van der Waals surface area contributed by atoms with Gasteiger partial charge in [-0.05, 0) is 0 Å². The summed E-state index contributed by atoms with van der Waals surface area (Å²) < 4.78 is 0.954. The summed E-state index contributed by atoms with van der Waals surface area (Å²) in [4.78, 5) is 0. The smallest absolute Gasteiger partial charge is 0.412 e. The van der Waals surface area contributed by atoms with Gasteiger partial charge in [-0.3, -0.25) is 0 Å². The van der Waals surface area contributed by atoms with Gasteiger partial charge in [0, 0.05) is 0 Å². The third kappa shape index (κ3) is 36.9.